The fourth-order valence-electron chi connectivity index (χ4n) is 3.17. The van der Waals surface area contributed by atoms with E-state index in [-0.39, 0.29) is 5.75 Å². The number of morpholine rings is 2. The zero-order chi connectivity index (χ0) is 20.8. The van der Waals surface area contributed by atoms with Crippen molar-refractivity contribution in [3.8, 4) is 11.5 Å². The number of rotatable bonds is 6. The van der Waals surface area contributed by atoms with Crippen LogP contribution in [0.2, 0.25) is 0 Å². The number of anilines is 3. The maximum Gasteiger partial charge on any atom is 0.250 e. The van der Waals surface area contributed by atoms with Crippen LogP contribution in [0.3, 0.4) is 0 Å². The summed E-state index contributed by atoms with van der Waals surface area (Å²) in [5.74, 6) is 1.99. The summed E-state index contributed by atoms with van der Waals surface area (Å²) in [6.45, 7) is 5.45. The summed E-state index contributed by atoms with van der Waals surface area (Å²) in [7, 11) is 1.50. The summed E-state index contributed by atoms with van der Waals surface area (Å²) < 4.78 is 15.9. The van der Waals surface area contributed by atoms with Gasteiger partial charge < -0.3 is 29.1 Å². The van der Waals surface area contributed by atoms with E-state index in [1.165, 1.54) is 7.11 Å². The normalized spacial score (nSPS) is 17.4. The number of phenolic OH excluding ortho intramolecular Hbond substituents is 1. The van der Waals surface area contributed by atoms with Gasteiger partial charge in [0.2, 0.25) is 17.8 Å². The number of methoxy groups -OCH3 is 1. The number of aromatic nitrogens is 3. The molecule has 0 spiro atoms. The van der Waals surface area contributed by atoms with Crippen LogP contribution in [0.5, 0.6) is 11.5 Å². The summed E-state index contributed by atoms with van der Waals surface area (Å²) in [5.41, 5.74) is 3.58. The Bertz CT molecular complexity index is 847. The molecule has 0 bridgehead atoms. The fourth-order valence-corrected chi connectivity index (χ4v) is 3.17. The Morgan fingerprint density at radius 2 is 1.60 bits per heavy atom. The highest BCUT2D eigenvalue weighted by Gasteiger charge is 2.20. The highest BCUT2D eigenvalue weighted by molar-refractivity contribution is 5.81. The summed E-state index contributed by atoms with van der Waals surface area (Å²) >= 11 is 0. The van der Waals surface area contributed by atoms with E-state index in [0.29, 0.717) is 55.6 Å². The van der Waals surface area contributed by atoms with Crippen molar-refractivity contribution in [2.24, 2.45) is 5.10 Å². The van der Waals surface area contributed by atoms with Gasteiger partial charge in [0, 0.05) is 26.2 Å². The molecule has 0 saturated carbocycles. The third-order valence-electron chi connectivity index (χ3n) is 4.78. The second-order valence-electron chi connectivity index (χ2n) is 6.76. The van der Waals surface area contributed by atoms with Crippen LogP contribution in [0.25, 0.3) is 0 Å². The molecule has 4 rings (SSSR count). The number of phenols is 1. The summed E-state index contributed by atoms with van der Waals surface area (Å²) in [6.07, 6.45) is 1.58. The minimum atomic E-state index is 0.0471. The molecule has 11 nitrogen and oxygen atoms in total. The molecule has 0 unspecified atom stereocenters. The number of nitrogens with zero attached hydrogens (tertiary/aromatic N) is 6. The standard InChI is InChI=1S/C19H25N7O4/c1-28-16-3-2-14(12-15(16)27)13-20-24-17-21-18(25-4-8-29-9-5-25)23-19(22-17)26-6-10-30-11-7-26/h2-3,12-13,27H,4-11H2,1H3,(H,21,22,23,24)/b20-13-. The van der Waals surface area contributed by atoms with Crippen molar-refractivity contribution in [3.63, 3.8) is 0 Å². The van der Waals surface area contributed by atoms with Gasteiger partial charge in [-0.05, 0) is 23.8 Å². The minimum absolute atomic E-state index is 0.0471. The van der Waals surface area contributed by atoms with Crippen molar-refractivity contribution in [2.45, 2.75) is 0 Å². The van der Waals surface area contributed by atoms with E-state index in [1.807, 2.05) is 0 Å². The molecule has 2 aliphatic rings. The third kappa shape index (κ3) is 4.86. The van der Waals surface area contributed by atoms with Crippen molar-refractivity contribution in [1.82, 2.24) is 15.0 Å². The zero-order valence-electron chi connectivity index (χ0n) is 16.8. The highest BCUT2D eigenvalue weighted by Crippen LogP contribution is 2.25. The molecule has 11 heteroatoms. The first-order valence-corrected chi connectivity index (χ1v) is 9.80. The average Bonchev–Trinajstić information content (AvgIpc) is 2.80. The van der Waals surface area contributed by atoms with Crippen molar-refractivity contribution in [3.05, 3.63) is 23.8 Å². The van der Waals surface area contributed by atoms with Gasteiger partial charge in [-0.1, -0.05) is 0 Å². The lowest BCUT2D eigenvalue weighted by Gasteiger charge is -2.30. The molecule has 1 aromatic carbocycles. The summed E-state index contributed by atoms with van der Waals surface area (Å²) in [6, 6.07) is 5.03. The van der Waals surface area contributed by atoms with Crippen LogP contribution in [0, 0.1) is 0 Å². The van der Waals surface area contributed by atoms with E-state index in [1.54, 1.807) is 24.4 Å². The van der Waals surface area contributed by atoms with Crippen molar-refractivity contribution in [1.29, 1.82) is 0 Å². The van der Waals surface area contributed by atoms with Crippen LogP contribution in [0.15, 0.2) is 23.3 Å². The monoisotopic (exact) mass is 415 g/mol. The lowest BCUT2D eigenvalue weighted by Crippen LogP contribution is -2.40. The average molecular weight is 415 g/mol. The molecule has 0 aliphatic carbocycles. The SMILES string of the molecule is COc1ccc(/C=N\Nc2nc(N3CCOCC3)nc(N3CCOCC3)n2)cc1O. The smallest absolute Gasteiger partial charge is 0.250 e. The van der Waals surface area contributed by atoms with Crippen LogP contribution in [0.1, 0.15) is 5.56 Å². The van der Waals surface area contributed by atoms with E-state index in [9.17, 15) is 5.11 Å². The van der Waals surface area contributed by atoms with E-state index < -0.39 is 0 Å². The van der Waals surface area contributed by atoms with Crippen molar-refractivity contribution < 1.29 is 19.3 Å². The van der Waals surface area contributed by atoms with E-state index >= 15 is 0 Å². The molecule has 0 atom stereocenters. The maximum atomic E-state index is 9.90. The van der Waals surface area contributed by atoms with Crippen molar-refractivity contribution >= 4 is 24.1 Å². The molecule has 0 amide bonds. The Hall–Kier alpha value is -3.18. The Labute approximate surface area is 174 Å². The van der Waals surface area contributed by atoms with Crippen LogP contribution < -0.4 is 20.0 Å². The quantitative estimate of drug-likeness (QED) is 0.516. The predicted molar refractivity (Wildman–Crippen MR) is 112 cm³/mol. The van der Waals surface area contributed by atoms with Gasteiger partial charge in [0.15, 0.2) is 11.5 Å². The molecule has 3 heterocycles. The minimum Gasteiger partial charge on any atom is -0.504 e. The number of nitrogens with one attached hydrogen (secondary N) is 1. The lowest BCUT2D eigenvalue weighted by molar-refractivity contribution is 0.121. The Morgan fingerprint density at radius 3 is 2.13 bits per heavy atom. The van der Waals surface area contributed by atoms with Gasteiger partial charge in [-0.2, -0.15) is 20.1 Å². The number of hydrogen-bond donors (Lipinski definition) is 2. The Morgan fingerprint density at radius 1 is 1.00 bits per heavy atom. The highest BCUT2D eigenvalue weighted by atomic mass is 16.5. The van der Waals surface area contributed by atoms with Gasteiger partial charge in [0.25, 0.3) is 0 Å². The van der Waals surface area contributed by atoms with Crippen LogP contribution in [-0.4, -0.2) is 86.0 Å². The summed E-state index contributed by atoms with van der Waals surface area (Å²) in [5, 5.41) is 14.1. The molecule has 160 valence electrons. The van der Waals surface area contributed by atoms with Crippen molar-refractivity contribution in [2.75, 3.05) is 74.9 Å². The maximum absolute atomic E-state index is 9.90. The molecule has 2 aliphatic heterocycles. The zero-order valence-corrected chi connectivity index (χ0v) is 16.8. The number of hydrazone groups is 1. The first-order chi connectivity index (χ1) is 14.7. The van der Waals surface area contributed by atoms with Gasteiger partial charge in [-0.25, -0.2) is 5.43 Å². The Balaban J connectivity index is 1.53. The predicted octanol–water partition coefficient (Wildman–Crippen LogP) is 0.705. The first-order valence-electron chi connectivity index (χ1n) is 9.80. The van der Waals surface area contributed by atoms with Gasteiger partial charge in [-0.15, -0.1) is 0 Å². The second kappa shape index (κ2) is 9.55. The van der Waals surface area contributed by atoms with Gasteiger partial charge in [0.05, 0.1) is 39.8 Å². The summed E-state index contributed by atoms with van der Waals surface area (Å²) in [4.78, 5) is 17.9. The lowest BCUT2D eigenvalue weighted by atomic mass is 10.2. The number of benzene rings is 1. The molecular formula is C19H25N7O4. The van der Waals surface area contributed by atoms with E-state index in [4.69, 9.17) is 14.2 Å². The molecule has 0 radical (unpaired) electrons. The van der Waals surface area contributed by atoms with E-state index in [0.717, 1.165) is 26.2 Å². The van der Waals surface area contributed by atoms with Gasteiger partial charge in [-0.3, -0.25) is 0 Å². The first kappa shape index (κ1) is 20.1. The van der Waals surface area contributed by atoms with Gasteiger partial charge in [0.1, 0.15) is 0 Å². The molecule has 2 fully saturated rings. The van der Waals surface area contributed by atoms with Crippen LogP contribution >= 0.6 is 0 Å². The molecule has 2 N–H and O–H groups in total. The molecule has 30 heavy (non-hydrogen) atoms. The molecule has 2 saturated heterocycles. The molecule has 2 aromatic rings. The molecular weight excluding hydrogens is 390 g/mol. The number of hydrogen-bond acceptors (Lipinski definition) is 11. The van der Waals surface area contributed by atoms with E-state index in [2.05, 4.69) is 35.3 Å². The number of aromatic hydroxyl groups is 1. The Kier molecular flexibility index (Phi) is 6.40. The fraction of sp³-hybridized carbons (Fsp3) is 0.474. The van der Waals surface area contributed by atoms with Crippen LogP contribution in [-0.2, 0) is 9.47 Å². The van der Waals surface area contributed by atoms with Gasteiger partial charge >= 0.3 is 0 Å². The number of ether oxygens (including phenoxy) is 3. The molecule has 1 aromatic heterocycles. The largest absolute Gasteiger partial charge is 0.504 e. The third-order valence-corrected chi connectivity index (χ3v) is 4.78. The van der Waals surface area contributed by atoms with Crippen LogP contribution in [0.4, 0.5) is 17.8 Å². The second-order valence-corrected chi connectivity index (χ2v) is 6.76. The topological polar surface area (TPSA) is 117 Å².